The molecule has 9 nitrogen and oxygen atoms in total. The van der Waals surface area contributed by atoms with Crippen molar-refractivity contribution in [3.63, 3.8) is 0 Å². The first-order valence-corrected chi connectivity index (χ1v) is 14.1. The van der Waals surface area contributed by atoms with Gasteiger partial charge < -0.3 is 30.2 Å². The number of ether oxygens (including phenoxy) is 1. The van der Waals surface area contributed by atoms with E-state index in [4.69, 9.17) is 4.74 Å². The number of rotatable bonds is 6. The molecule has 3 N–H and O–H groups in total. The smallest absolute Gasteiger partial charge is 0.323 e. The summed E-state index contributed by atoms with van der Waals surface area (Å²) in [6, 6.07) is 18.0. The second kappa shape index (κ2) is 11.1. The monoisotopic (exact) mass is 541 g/mol. The third-order valence-corrected chi connectivity index (χ3v) is 8.35. The summed E-state index contributed by atoms with van der Waals surface area (Å²) in [6.45, 7) is 2.17. The van der Waals surface area contributed by atoms with Crippen LogP contribution in [0.1, 0.15) is 54.1 Å². The van der Waals surface area contributed by atoms with Gasteiger partial charge in [-0.1, -0.05) is 25.0 Å². The first-order valence-electron chi connectivity index (χ1n) is 14.1. The maximum Gasteiger partial charge on any atom is 0.323 e. The Hall–Kier alpha value is -4.27. The molecule has 1 saturated carbocycles. The molecule has 0 spiro atoms. The minimum atomic E-state index is -0.406. The number of hydrogen-bond acceptors (Lipinski definition) is 5. The number of aromatic nitrogens is 1. The Labute approximate surface area is 233 Å². The molecule has 208 valence electrons. The Morgan fingerprint density at radius 2 is 1.75 bits per heavy atom. The second-order valence-electron chi connectivity index (χ2n) is 11.1. The number of carbonyl (C=O) groups excluding carboxylic acids is 2. The van der Waals surface area contributed by atoms with E-state index in [2.05, 4.69) is 20.9 Å². The van der Waals surface area contributed by atoms with Crippen molar-refractivity contribution in [2.24, 2.45) is 5.92 Å². The predicted molar refractivity (Wildman–Crippen MR) is 156 cm³/mol. The molecule has 2 bridgehead atoms. The van der Waals surface area contributed by atoms with Crippen LogP contribution < -0.4 is 31.1 Å². The van der Waals surface area contributed by atoms with Crippen LogP contribution in [0, 0.1) is 5.92 Å². The summed E-state index contributed by atoms with van der Waals surface area (Å²) in [5.41, 5.74) is 3.66. The molecular weight excluding hydrogens is 506 g/mol. The quantitative estimate of drug-likeness (QED) is 0.416. The molecule has 2 atom stereocenters. The number of fused-ring (bicyclic) bond motifs is 4. The van der Waals surface area contributed by atoms with E-state index in [-0.39, 0.29) is 23.4 Å². The molecule has 0 radical (unpaired) electrons. The molecule has 3 heterocycles. The van der Waals surface area contributed by atoms with Gasteiger partial charge in [-0.3, -0.25) is 9.59 Å². The van der Waals surface area contributed by atoms with Crippen LogP contribution in [0.15, 0.2) is 65.5 Å². The summed E-state index contributed by atoms with van der Waals surface area (Å²) < 4.78 is 7.18. The number of piperidine rings is 1. The molecule has 40 heavy (non-hydrogen) atoms. The fourth-order valence-electron chi connectivity index (χ4n) is 6.47. The molecule has 9 heteroatoms. The van der Waals surface area contributed by atoms with Gasteiger partial charge in [0, 0.05) is 60.7 Å². The Morgan fingerprint density at radius 1 is 0.925 bits per heavy atom. The number of methoxy groups -OCH3 is 1. The third-order valence-electron chi connectivity index (χ3n) is 8.35. The summed E-state index contributed by atoms with van der Waals surface area (Å²) >= 11 is 0. The summed E-state index contributed by atoms with van der Waals surface area (Å²) in [4.78, 5) is 41.0. The minimum Gasteiger partial charge on any atom is -0.497 e. The molecule has 2 aliphatic heterocycles. The lowest BCUT2D eigenvalue weighted by Gasteiger charge is -2.44. The van der Waals surface area contributed by atoms with Crippen LogP contribution in [0.4, 0.5) is 21.9 Å². The Kier molecular flexibility index (Phi) is 7.19. The average molecular weight is 542 g/mol. The van der Waals surface area contributed by atoms with E-state index in [9.17, 15) is 14.4 Å². The number of benzene rings is 2. The number of hydrogen-bond donors (Lipinski definition) is 3. The van der Waals surface area contributed by atoms with E-state index in [0.717, 1.165) is 56.6 Å². The predicted octanol–water partition coefficient (Wildman–Crippen LogP) is 4.80. The van der Waals surface area contributed by atoms with Gasteiger partial charge in [0.2, 0.25) is 0 Å². The van der Waals surface area contributed by atoms with Gasteiger partial charge in [0.15, 0.2) is 0 Å². The summed E-state index contributed by atoms with van der Waals surface area (Å²) in [6.07, 6.45) is 5.29. The SMILES string of the molecule is COc1cccc(NC(=O)Nc2cc(C(=O)NC3CCCC3)ccc2N2C[C@H]3C[C@@H](C2)c2cccc(=O)n2C3)c1. The minimum absolute atomic E-state index is 0.0508. The van der Waals surface area contributed by atoms with Crippen molar-refractivity contribution in [1.29, 1.82) is 0 Å². The summed E-state index contributed by atoms with van der Waals surface area (Å²) in [5.74, 6) is 1.04. The zero-order valence-electron chi connectivity index (χ0n) is 22.7. The standard InChI is InChI=1S/C31H35N5O4/c1-40-25-9-4-8-24(16-25)33-31(39)34-26-15-21(30(38)32-23-6-2-3-7-23)12-13-28(26)35-17-20-14-22(19-35)27-10-5-11-29(37)36(27)18-20/h4-5,8-13,15-16,20,22-23H,2-3,6-7,14,17-19H2,1H3,(H,32,38)(H2,33,34,39)/t20-,22+/m1/s1. The van der Waals surface area contributed by atoms with Gasteiger partial charge in [-0.2, -0.15) is 0 Å². The number of urea groups is 1. The van der Waals surface area contributed by atoms with Crippen LogP contribution in [-0.2, 0) is 6.54 Å². The lowest BCUT2D eigenvalue weighted by atomic mass is 9.83. The van der Waals surface area contributed by atoms with E-state index in [1.807, 2.05) is 41.0 Å². The van der Waals surface area contributed by atoms with E-state index >= 15 is 0 Å². The summed E-state index contributed by atoms with van der Waals surface area (Å²) in [5, 5.41) is 9.03. The number of pyridine rings is 1. The topological polar surface area (TPSA) is 105 Å². The van der Waals surface area contributed by atoms with Gasteiger partial charge in [0.25, 0.3) is 11.5 Å². The van der Waals surface area contributed by atoms with Gasteiger partial charge in [-0.15, -0.1) is 0 Å². The lowest BCUT2D eigenvalue weighted by molar-refractivity contribution is 0.0938. The molecular formula is C31H35N5O4. The van der Waals surface area contributed by atoms with E-state index < -0.39 is 6.03 Å². The first-order chi connectivity index (χ1) is 19.5. The first kappa shape index (κ1) is 26.0. The van der Waals surface area contributed by atoms with Crippen molar-refractivity contribution >= 4 is 29.0 Å². The van der Waals surface area contributed by atoms with Gasteiger partial charge in [0.05, 0.1) is 18.5 Å². The van der Waals surface area contributed by atoms with Crippen LogP contribution in [0.5, 0.6) is 5.75 Å². The molecule has 0 unspecified atom stereocenters. The van der Waals surface area contributed by atoms with Crippen LogP contribution >= 0.6 is 0 Å². The van der Waals surface area contributed by atoms with Crippen molar-refractivity contribution in [1.82, 2.24) is 9.88 Å². The molecule has 2 fully saturated rings. The van der Waals surface area contributed by atoms with E-state index in [0.29, 0.717) is 35.2 Å². The number of anilines is 3. The van der Waals surface area contributed by atoms with Crippen LogP contribution in [0.2, 0.25) is 0 Å². The van der Waals surface area contributed by atoms with Gasteiger partial charge in [0.1, 0.15) is 5.75 Å². The fraction of sp³-hybridized carbons (Fsp3) is 0.387. The van der Waals surface area contributed by atoms with Crippen molar-refractivity contribution in [3.8, 4) is 5.75 Å². The van der Waals surface area contributed by atoms with E-state index in [1.165, 1.54) is 0 Å². The van der Waals surface area contributed by atoms with Crippen molar-refractivity contribution in [2.75, 3.05) is 35.7 Å². The Balaban J connectivity index is 1.28. The molecule has 3 aromatic rings. The van der Waals surface area contributed by atoms with Gasteiger partial charge in [-0.25, -0.2) is 4.79 Å². The van der Waals surface area contributed by atoms with Crippen LogP contribution in [-0.4, -0.2) is 42.7 Å². The van der Waals surface area contributed by atoms with Crippen molar-refractivity contribution < 1.29 is 14.3 Å². The number of nitrogens with one attached hydrogen (secondary N) is 3. The normalized spacial score (nSPS) is 20.0. The van der Waals surface area contributed by atoms with Crippen molar-refractivity contribution in [2.45, 2.75) is 50.6 Å². The highest BCUT2D eigenvalue weighted by molar-refractivity contribution is 6.04. The molecule has 1 aliphatic carbocycles. The number of amides is 3. The molecule has 3 amide bonds. The fourth-order valence-corrected chi connectivity index (χ4v) is 6.47. The number of nitrogens with zero attached hydrogens (tertiary/aromatic N) is 2. The van der Waals surface area contributed by atoms with Gasteiger partial charge >= 0.3 is 6.03 Å². The van der Waals surface area contributed by atoms with Crippen LogP contribution in [0.3, 0.4) is 0 Å². The third kappa shape index (κ3) is 5.41. The van der Waals surface area contributed by atoms with Gasteiger partial charge in [-0.05, 0) is 61.6 Å². The number of carbonyl (C=O) groups is 2. The highest BCUT2D eigenvalue weighted by atomic mass is 16.5. The Morgan fingerprint density at radius 3 is 2.58 bits per heavy atom. The zero-order chi connectivity index (χ0) is 27.6. The van der Waals surface area contributed by atoms with Crippen molar-refractivity contribution in [3.05, 3.63) is 82.3 Å². The molecule has 1 aromatic heterocycles. The van der Waals surface area contributed by atoms with Crippen LogP contribution in [0.25, 0.3) is 0 Å². The largest absolute Gasteiger partial charge is 0.497 e. The molecule has 1 saturated heterocycles. The molecule has 2 aromatic carbocycles. The second-order valence-corrected chi connectivity index (χ2v) is 11.1. The summed E-state index contributed by atoms with van der Waals surface area (Å²) in [7, 11) is 1.58. The van der Waals surface area contributed by atoms with E-state index in [1.54, 1.807) is 31.4 Å². The lowest BCUT2D eigenvalue weighted by Crippen LogP contribution is -2.47. The zero-order valence-corrected chi connectivity index (χ0v) is 22.7. The maximum atomic E-state index is 13.2. The maximum absolute atomic E-state index is 13.2. The highest BCUT2D eigenvalue weighted by Crippen LogP contribution is 2.39. The average Bonchev–Trinajstić information content (AvgIpc) is 3.46. The molecule has 6 rings (SSSR count). The molecule has 3 aliphatic rings. The Bertz CT molecular complexity index is 1480. The highest BCUT2D eigenvalue weighted by Gasteiger charge is 2.35.